The summed E-state index contributed by atoms with van der Waals surface area (Å²) in [5.41, 5.74) is 0.380. The van der Waals surface area contributed by atoms with E-state index in [2.05, 4.69) is 20.8 Å². The molecule has 21 heavy (non-hydrogen) atoms. The van der Waals surface area contributed by atoms with Crippen LogP contribution in [0.4, 0.5) is 0 Å². The molecular weight excluding hydrogens is 332 g/mol. The molecule has 0 radical (unpaired) electrons. The zero-order valence-electron chi connectivity index (χ0n) is 11.8. The van der Waals surface area contributed by atoms with E-state index < -0.39 is 0 Å². The molecule has 110 valence electrons. The first-order valence-corrected chi connectivity index (χ1v) is 7.74. The number of phenols is 1. The monoisotopic (exact) mass is 348 g/mol. The highest BCUT2D eigenvalue weighted by Crippen LogP contribution is 2.28. The van der Waals surface area contributed by atoms with Crippen LogP contribution in [0.25, 0.3) is 10.8 Å². The van der Waals surface area contributed by atoms with Gasteiger partial charge in [0, 0.05) is 30.7 Å². The summed E-state index contributed by atoms with van der Waals surface area (Å²) < 4.78 is 0.957. The van der Waals surface area contributed by atoms with Gasteiger partial charge in [0.25, 0.3) is 5.91 Å². The van der Waals surface area contributed by atoms with Gasteiger partial charge in [-0.05, 0) is 42.1 Å². The second-order valence-corrected chi connectivity index (χ2v) is 6.37. The smallest absolute Gasteiger partial charge is 0.257 e. The standard InChI is InChI=1S/C16H17BrN2O2/c1-18-4-6-19(7-5-18)16(21)14-9-12-8-13(17)3-2-11(12)10-15(14)20/h2-3,8-10,20H,4-7H2,1H3. The van der Waals surface area contributed by atoms with Gasteiger partial charge in [-0.25, -0.2) is 0 Å². The first-order valence-electron chi connectivity index (χ1n) is 6.95. The van der Waals surface area contributed by atoms with E-state index in [0.717, 1.165) is 28.3 Å². The molecule has 5 heteroatoms. The SMILES string of the molecule is CN1CCN(C(=O)c2cc3cc(Br)ccc3cc2O)CC1. The third-order valence-electron chi connectivity index (χ3n) is 3.94. The van der Waals surface area contributed by atoms with Gasteiger partial charge < -0.3 is 14.9 Å². The van der Waals surface area contributed by atoms with Gasteiger partial charge in [-0.2, -0.15) is 0 Å². The lowest BCUT2D eigenvalue weighted by molar-refractivity contribution is 0.0661. The Balaban J connectivity index is 1.95. The van der Waals surface area contributed by atoms with Gasteiger partial charge in [-0.1, -0.05) is 22.0 Å². The van der Waals surface area contributed by atoms with Gasteiger partial charge in [-0.15, -0.1) is 0 Å². The molecule has 1 amide bonds. The second-order valence-electron chi connectivity index (χ2n) is 5.46. The maximum Gasteiger partial charge on any atom is 0.257 e. The fraction of sp³-hybridized carbons (Fsp3) is 0.312. The Labute approximate surface area is 132 Å². The number of fused-ring (bicyclic) bond motifs is 1. The van der Waals surface area contributed by atoms with E-state index in [-0.39, 0.29) is 11.7 Å². The number of rotatable bonds is 1. The third-order valence-corrected chi connectivity index (χ3v) is 4.43. The van der Waals surface area contributed by atoms with E-state index >= 15 is 0 Å². The normalized spacial score (nSPS) is 16.4. The van der Waals surface area contributed by atoms with Gasteiger partial charge >= 0.3 is 0 Å². The van der Waals surface area contributed by atoms with Crippen LogP contribution in [0.2, 0.25) is 0 Å². The molecule has 2 aromatic rings. The van der Waals surface area contributed by atoms with Crippen molar-refractivity contribution >= 4 is 32.6 Å². The van der Waals surface area contributed by atoms with Gasteiger partial charge in [-0.3, -0.25) is 4.79 Å². The zero-order valence-corrected chi connectivity index (χ0v) is 13.4. The molecule has 0 aromatic heterocycles. The summed E-state index contributed by atoms with van der Waals surface area (Å²) in [4.78, 5) is 16.6. The van der Waals surface area contributed by atoms with Gasteiger partial charge in [0.15, 0.2) is 0 Å². The Hall–Kier alpha value is -1.59. The Bertz CT molecular complexity index is 694. The molecule has 4 nitrogen and oxygen atoms in total. The highest BCUT2D eigenvalue weighted by Gasteiger charge is 2.22. The minimum Gasteiger partial charge on any atom is -0.507 e. The number of benzene rings is 2. The van der Waals surface area contributed by atoms with Crippen LogP contribution < -0.4 is 0 Å². The summed E-state index contributed by atoms with van der Waals surface area (Å²) in [6.07, 6.45) is 0. The van der Waals surface area contributed by atoms with Crippen LogP contribution >= 0.6 is 15.9 Å². The molecule has 0 unspecified atom stereocenters. The van der Waals surface area contributed by atoms with Crippen molar-refractivity contribution in [3.8, 4) is 5.75 Å². The average molecular weight is 349 g/mol. The molecule has 0 spiro atoms. The Morgan fingerprint density at radius 1 is 1.10 bits per heavy atom. The molecule has 0 bridgehead atoms. The van der Waals surface area contributed by atoms with E-state index in [1.165, 1.54) is 0 Å². The van der Waals surface area contributed by atoms with E-state index in [1.807, 2.05) is 25.2 Å². The minimum atomic E-state index is -0.0949. The van der Waals surface area contributed by atoms with Crippen molar-refractivity contribution in [1.82, 2.24) is 9.80 Å². The lowest BCUT2D eigenvalue weighted by Gasteiger charge is -2.32. The molecule has 2 aromatic carbocycles. The number of carbonyl (C=O) groups is 1. The number of piperazine rings is 1. The van der Waals surface area contributed by atoms with Gasteiger partial charge in [0.2, 0.25) is 0 Å². The largest absolute Gasteiger partial charge is 0.507 e. The highest BCUT2D eigenvalue weighted by molar-refractivity contribution is 9.10. The van der Waals surface area contributed by atoms with Gasteiger partial charge in [0.05, 0.1) is 5.56 Å². The van der Waals surface area contributed by atoms with Crippen molar-refractivity contribution in [3.05, 3.63) is 40.4 Å². The third kappa shape index (κ3) is 2.89. The Morgan fingerprint density at radius 2 is 1.81 bits per heavy atom. The van der Waals surface area contributed by atoms with E-state index in [1.54, 1.807) is 17.0 Å². The number of halogens is 1. The molecule has 1 aliphatic rings. The maximum atomic E-state index is 12.6. The highest BCUT2D eigenvalue weighted by atomic mass is 79.9. The minimum absolute atomic E-state index is 0.0498. The molecule has 1 N–H and O–H groups in total. The van der Waals surface area contributed by atoms with Crippen LogP contribution in [0.5, 0.6) is 5.75 Å². The fourth-order valence-electron chi connectivity index (χ4n) is 2.61. The average Bonchev–Trinajstić information content (AvgIpc) is 2.47. The van der Waals surface area contributed by atoms with E-state index in [0.29, 0.717) is 18.7 Å². The Morgan fingerprint density at radius 3 is 2.52 bits per heavy atom. The Kier molecular flexibility index (Phi) is 3.87. The molecule has 1 saturated heterocycles. The van der Waals surface area contributed by atoms with Crippen molar-refractivity contribution in [2.45, 2.75) is 0 Å². The lowest BCUT2D eigenvalue weighted by Crippen LogP contribution is -2.47. The van der Waals surface area contributed by atoms with Crippen molar-refractivity contribution in [2.75, 3.05) is 33.2 Å². The molecule has 0 aliphatic carbocycles. The zero-order chi connectivity index (χ0) is 15.0. The van der Waals surface area contributed by atoms with Crippen molar-refractivity contribution in [3.63, 3.8) is 0 Å². The molecule has 1 aliphatic heterocycles. The number of phenolic OH excluding ortho intramolecular Hbond substituents is 1. The van der Waals surface area contributed by atoms with Crippen molar-refractivity contribution < 1.29 is 9.90 Å². The molecule has 1 heterocycles. The molecular formula is C16H17BrN2O2. The van der Waals surface area contributed by atoms with Crippen LogP contribution in [-0.2, 0) is 0 Å². The predicted octanol–water partition coefficient (Wildman–Crippen LogP) is 2.70. The first kappa shape index (κ1) is 14.4. The number of hydrogen-bond acceptors (Lipinski definition) is 3. The summed E-state index contributed by atoms with van der Waals surface area (Å²) in [7, 11) is 2.05. The van der Waals surface area contributed by atoms with E-state index in [9.17, 15) is 9.90 Å². The number of carbonyl (C=O) groups excluding carboxylic acids is 1. The number of hydrogen-bond donors (Lipinski definition) is 1. The van der Waals surface area contributed by atoms with Crippen LogP contribution in [0.15, 0.2) is 34.8 Å². The van der Waals surface area contributed by atoms with Crippen molar-refractivity contribution in [1.29, 1.82) is 0 Å². The molecule has 1 fully saturated rings. The van der Waals surface area contributed by atoms with Crippen LogP contribution in [0, 0.1) is 0 Å². The topological polar surface area (TPSA) is 43.8 Å². The number of aromatic hydroxyl groups is 1. The summed E-state index contributed by atoms with van der Waals surface area (Å²) in [5.74, 6) is -0.0452. The van der Waals surface area contributed by atoms with E-state index in [4.69, 9.17) is 0 Å². The number of amides is 1. The molecule has 3 rings (SSSR count). The summed E-state index contributed by atoms with van der Waals surface area (Å²) >= 11 is 3.43. The summed E-state index contributed by atoms with van der Waals surface area (Å²) in [6, 6.07) is 9.23. The van der Waals surface area contributed by atoms with Crippen molar-refractivity contribution in [2.24, 2.45) is 0 Å². The van der Waals surface area contributed by atoms with Crippen LogP contribution in [-0.4, -0.2) is 54.0 Å². The summed E-state index contributed by atoms with van der Waals surface area (Å²) in [6.45, 7) is 3.13. The lowest BCUT2D eigenvalue weighted by atomic mass is 10.0. The second kappa shape index (κ2) is 5.66. The molecule has 0 atom stereocenters. The quantitative estimate of drug-likeness (QED) is 0.861. The van der Waals surface area contributed by atoms with Crippen LogP contribution in [0.3, 0.4) is 0 Å². The number of nitrogens with zero attached hydrogens (tertiary/aromatic N) is 2. The van der Waals surface area contributed by atoms with Crippen LogP contribution in [0.1, 0.15) is 10.4 Å². The summed E-state index contributed by atoms with van der Waals surface area (Å²) in [5, 5.41) is 12.0. The molecule has 0 saturated carbocycles. The first-order chi connectivity index (χ1) is 10.0. The predicted molar refractivity (Wildman–Crippen MR) is 86.7 cm³/mol. The fourth-order valence-corrected chi connectivity index (χ4v) is 2.99. The number of likely N-dealkylation sites (N-methyl/N-ethyl adjacent to an activating group) is 1. The maximum absolute atomic E-state index is 12.6. The van der Waals surface area contributed by atoms with Gasteiger partial charge in [0.1, 0.15) is 5.75 Å².